The Morgan fingerprint density at radius 2 is 1.17 bits per heavy atom. The lowest BCUT2D eigenvalue weighted by Gasteiger charge is -2.12. The second-order valence-electron chi connectivity index (χ2n) is 7.80. The van der Waals surface area contributed by atoms with Crippen LogP contribution in [0.5, 0.6) is 0 Å². The van der Waals surface area contributed by atoms with Gasteiger partial charge < -0.3 is 9.47 Å². The molecule has 0 saturated heterocycles. The molecule has 0 radical (unpaired) electrons. The molecule has 4 heteroatoms. The topological polar surface area (TPSA) is 52.6 Å². The molecule has 1 rings (SSSR count). The Bertz CT molecular complexity index is 594. The Kier molecular flexibility index (Phi) is 13.9. The Labute approximate surface area is 177 Å². The Morgan fingerprint density at radius 3 is 1.72 bits per heavy atom. The fraction of sp³-hybridized carbons (Fsp3) is 0.680. The van der Waals surface area contributed by atoms with Crippen LogP contribution < -0.4 is 0 Å². The highest BCUT2D eigenvalue weighted by molar-refractivity contribution is 6.04. The highest BCUT2D eigenvalue weighted by Gasteiger charge is 2.21. The van der Waals surface area contributed by atoms with Gasteiger partial charge in [-0.1, -0.05) is 90.2 Å². The molecule has 0 atom stereocenters. The second kappa shape index (κ2) is 16.0. The van der Waals surface area contributed by atoms with Crippen molar-refractivity contribution in [2.24, 2.45) is 0 Å². The zero-order chi connectivity index (χ0) is 21.3. The van der Waals surface area contributed by atoms with Crippen molar-refractivity contribution in [2.45, 2.75) is 97.8 Å². The van der Waals surface area contributed by atoms with Crippen molar-refractivity contribution in [3.05, 3.63) is 34.9 Å². The molecule has 1 aromatic rings. The molecule has 0 aromatic heterocycles. The summed E-state index contributed by atoms with van der Waals surface area (Å²) in [6.45, 7) is 7.00. The van der Waals surface area contributed by atoms with Crippen LogP contribution in [0.25, 0.3) is 0 Å². The third-order valence-electron chi connectivity index (χ3n) is 5.16. The van der Waals surface area contributed by atoms with Crippen molar-refractivity contribution in [3.8, 4) is 0 Å². The highest BCUT2D eigenvalue weighted by Crippen LogP contribution is 2.18. The average molecular weight is 405 g/mol. The van der Waals surface area contributed by atoms with Crippen LogP contribution in [0.3, 0.4) is 0 Å². The van der Waals surface area contributed by atoms with Crippen LogP contribution in [0.1, 0.15) is 117 Å². The van der Waals surface area contributed by atoms with E-state index in [4.69, 9.17) is 9.47 Å². The van der Waals surface area contributed by atoms with Crippen LogP contribution in [-0.2, 0) is 9.47 Å². The number of hydrogen-bond acceptors (Lipinski definition) is 4. The summed E-state index contributed by atoms with van der Waals surface area (Å²) in [4.78, 5) is 25.1. The molecular weight excluding hydrogens is 364 g/mol. The Morgan fingerprint density at radius 1 is 0.690 bits per heavy atom. The summed E-state index contributed by atoms with van der Waals surface area (Å²) in [6, 6.07) is 5.25. The number of rotatable bonds is 16. The van der Waals surface area contributed by atoms with Crippen molar-refractivity contribution in [1.82, 2.24) is 0 Å². The van der Waals surface area contributed by atoms with Crippen molar-refractivity contribution >= 4 is 11.9 Å². The van der Waals surface area contributed by atoms with Crippen molar-refractivity contribution in [3.63, 3.8) is 0 Å². The normalized spacial score (nSPS) is 10.7. The van der Waals surface area contributed by atoms with Gasteiger partial charge >= 0.3 is 11.9 Å². The minimum atomic E-state index is -0.436. The van der Waals surface area contributed by atoms with Gasteiger partial charge in [0.2, 0.25) is 0 Å². The first-order chi connectivity index (χ1) is 14.1. The fourth-order valence-corrected chi connectivity index (χ4v) is 3.35. The van der Waals surface area contributed by atoms with E-state index in [1.54, 1.807) is 12.1 Å². The summed E-state index contributed by atoms with van der Waals surface area (Å²) >= 11 is 0. The van der Waals surface area contributed by atoms with Gasteiger partial charge in [0, 0.05) is 0 Å². The van der Waals surface area contributed by atoms with Crippen LogP contribution in [-0.4, -0.2) is 25.2 Å². The number of aryl methyl sites for hydroxylation is 1. The maximum Gasteiger partial charge on any atom is 0.339 e. The summed E-state index contributed by atoms with van der Waals surface area (Å²) in [7, 11) is 0. The van der Waals surface area contributed by atoms with E-state index in [0.717, 1.165) is 31.2 Å². The SMILES string of the molecule is CCCCCCCCOC(=O)c1cccc(C)c1C(=O)OCCCCCCCC. The van der Waals surface area contributed by atoms with Crippen LogP contribution in [0, 0.1) is 6.92 Å². The number of unbranched alkanes of at least 4 members (excludes halogenated alkanes) is 10. The predicted octanol–water partition coefficient (Wildman–Crippen LogP) is 7.03. The van der Waals surface area contributed by atoms with E-state index < -0.39 is 11.9 Å². The molecule has 0 fully saturated rings. The van der Waals surface area contributed by atoms with Gasteiger partial charge in [-0.05, 0) is 31.4 Å². The van der Waals surface area contributed by atoms with Gasteiger partial charge in [-0.15, -0.1) is 0 Å². The first-order valence-electron chi connectivity index (χ1n) is 11.6. The van der Waals surface area contributed by atoms with E-state index in [9.17, 15) is 9.59 Å². The average Bonchev–Trinajstić information content (AvgIpc) is 2.72. The van der Waals surface area contributed by atoms with Crippen LogP contribution >= 0.6 is 0 Å². The van der Waals surface area contributed by atoms with Gasteiger partial charge in [0.1, 0.15) is 0 Å². The first kappa shape index (κ1) is 25.2. The minimum absolute atomic E-state index is 0.309. The molecule has 164 valence electrons. The number of benzene rings is 1. The third-order valence-corrected chi connectivity index (χ3v) is 5.16. The molecule has 0 aliphatic carbocycles. The lowest BCUT2D eigenvalue weighted by atomic mass is 10.0. The zero-order valence-electron chi connectivity index (χ0n) is 18.8. The van der Waals surface area contributed by atoms with Crippen molar-refractivity contribution in [1.29, 1.82) is 0 Å². The summed E-state index contributed by atoms with van der Waals surface area (Å²) in [5.41, 5.74) is 1.39. The van der Waals surface area contributed by atoms with Crippen LogP contribution in [0.2, 0.25) is 0 Å². The van der Waals surface area contributed by atoms with Gasteiger partial charge in [-0.25, -0.2) is 9.59 Å². The number of hydrogen-bond donors (Lipinski definition) is 0. The third kappa shape index (κ3) is 10.5. The van der Waals surface area contributed by atoms with Gasteiger partial charge in [0.25, 0.3) is 0 Å². The van der Waals surface area contributed by atoms with Gasteiger partial charge in [0.05, 0.1) is 24.3 Å². The second-order valence-corrected chi connectivity index (χ2v) is 7.80. The molecule has 1 aromatic carbocycles. The standard InChI is InChI=1S/C25H40O4/c1-4-6-8-10-12-14-19-28-24(26)22-18-16-17-21(3)23(22)25(27)29-20-15-13-11-9-7-5-2/h16-18H,4-15,19-20H2,1-3H3. The lowest BCUT2D eigenvalue weighted by Crippen LogP contribution is -2.16. The maximum absolute atomic E-state index is 12.6. The molecule has 0 unspecified atom stereocenters. The van der Waals surface area contributed by atoms with E-state index in [0.29, 0.717) is 24.3 Å². The van der Waals surface area contributed by atoms with E-state index in [2.05, 4.69) is 13.8 Å². The van der Waals surface area contributed by atoms with E-state index in [1.807, 2.05) is 13.0 Å². The quantitative estimate of drug-likeness (QED) is 0.219. The predicted molar refractivity (Wildman–Crippen MR) is 118 cm³/mol. The Balaban J connectivity index is 2.46. The van der Waals surface area contributed by atoms with E-state index in [-0.39, 0.29) is 0 Å². The molecule has 0 N–H and O–H groups in total. The molecule has 29 heavy (non-hydrogen) atoms. The highest BCUT2D eigenvalue weighted by atomic mass is 16.5. The van der Waals surface area contributed by atoms with Gasteiger partial charge in [-0.3, -0.25) is 0 Å². The number of carbonyl (C=O) groups excluding carboxylic acids is 2. The summed E-state index contributed by atoms with van der Waals surface area (Å²) in [5.74, 6) is -0.864. The van der Waals surface area contributed by atoms with Gasteiger partial charge in [-0.2, -0.15) is 0 Å². The smallest absolute Gasteiger partial charge is 0.339 e. The lowest BCUT2D eigenvalue weighted by molar-refractivity contribution is 0.0449. The number of ether oxygens (including phenoxy) is 2. The van der Waals surface area contributed by atoms with Crippen LogP contribution in [0.4, 0.5) is 0 Å². The first-order valence-corrected chi connectivity index (χ1v) is 11.6. The van der Waals surface area contributed by atoms with Gasteiger partial charge in [0.15, 0.2) is 0 Å². The Hall–Kier alpha value is -1.84. The molecule has 0 heterocycles. The molecule has 0 saturated carbocycles. The minimum Gasteiger partial charge on any atom is -0.462 e. The van der Waals surface area contributed by atoms with E-state index in [1.165, 1.54) is 51.4 Å². The number of esters is 2. The summed E-state index contributed by atoms with van der Waals surface area (Å²) < 4.78 is 10.9. The van der Waals surface area contributed by atoms with Crippen molar-refractivity contribution < 1.29 is 19.1 Å². The maximum atomic E-state index is 12.6. The van der Waals surface area contributed by atoms with E-state index >= 15 is 0 Å². The molecule has 0 bridgehead atoms. The molecular formula is C25H40O4. The number of carbonyl (C=O) groups is 2. The molecule has 0 amide bonds. The molecule has 0 aliphatic heterocycles. The summed E-state index contributed by atoms with van der Waals surface area (Å²) in [6.07, 6.45) is 13.6. The largest absolute Gasteiger partial charge is 0.462 e. The zero-order valence-corrected chi connectivity index (χ0v) is 18.8. The van der Waals surface area contributed by atoms with Crippen molar-refractivity contribution in [2.75, 3.05) is 13.2 Å². The van der Waals surface area contributed by atoms with Crippen LogP contribution in [0.15, 0.2) is 18.2 Å². The monoisotopic (exact) mass is 404 g/mol. The molecule has 0 aliphatic rings. The molecule has 0 spiro atoms. The fourth-order valence-electron chi connectivity index (χ4n) is 3.35. The summed E-state index contributed by atoms with van der Waals surface area (Å²) in [5, 5.41) is 0. The molecule has 4 nitrogen and oxygen atoms in total.